The van der Waals surface area contributed by atoms with Crippen LogP contribution in [0.15, 0.2) is 12.3 Å². The predicted octanol–water partition coefficient (Wildman–Crippen LogP) is 3.10. The quantitative estimate of drug-likeness (QED) is 0.743. The second kappa shape index (κ2) is 7.48. The number of carbonyl (C=O) groups excluding carboxylic acids is 1. The van der Waals surface area contributed by atoms with Gasteiger partial charge in [-0.05, 0) is 47.0 Å². The Morgan fingerprint density at radius 3 is 2.45 bits per heavy atom. The molecule has 1 heterocycles. The molecule has 0 aromatic carbocycles. The summed E-state index contributed by atoms with van der Waals surface area (Å²) in [6.07, 6.45) is 3.10. The lowest BCUT2D eigenvalue weighted by Crippen LogP contribution is -2.17. The van der Waals surface area contributed by atoms with Gasteiger partial charge in [-0.2, -0.15) is 0 Å². The third-order valence-corrected chi connectivity index (χ3v) is 3.13. The molecule has 0 saturated carbocycles. The normalized spacial score (nSPS) is 11.7. The smallest absolute Gasteiger partial charge is 0.181 e. The lowest BCUT2D eigenvalue weighted by atomic mass is 10.1. The van der Waals surface area contributed by atoms with Crippen molar-refractivity contribution in [2.45, 2.75) is 46.7 Å². The highest BCUT2D eigenvalue weighted by atomic mass is 16.1. The molecule has 0 fully saturated rings. The van der Waals surface area contributed by atoms with Gasteiger partial charge in [-0.25, -0.2) is 0 Å². The molecule has 1 rings (SSSR count). The van der Waals surface area contributed by atoms with Crippen LogP contribution >= 0.6 is 0 Å². The molecule has 0 unspecified atom stereocenters. The van der Waals surface area contributed by atoms with Crippen molar-refractivity contribution in [1.29, 1.82) is 0 Å². The fraction of sp³-hybridized carbons (Fsp3) is 0.688. The molecule has 1 aromatic rings. The molecule has 0 atom stereocenters. The predicted molar refractivity (Wildman–Crippen MR) is 85.5 cm³/mol. The van der Waals surface area contributed by atoms with Gasteiger partial charge >= 0.3 is 0 Å². The number of anilines is 1. The number of nitrogens with zero attached hydrogens (tertiary/aromatic N) is 2. The van der Waals surface area contributed by atoms with Gasteiger partial charge < -0.3 is 14.8 Å². The van der Waals surface area contributed by atoms with Crippen LogP contribution in [0.2, 0.25) is 0 Å². The number of Topliss-reactive ketones (excluding diaryl/α,β-unsaturated/α-hetero) is 1. The van der Waals surface area contributed by atoms with Crippen LogP contribution in [0.3, 0.4) is 0 Å². The van der Waals surface area contributed by atoms with Crippen molar-refractivity contribution < 1.29 is 4.79 Å². The summed E-state index contributed by atoms with van der Waals surface area (Å²) in [6, 6.07) is 2.35. The van der Waals surface area contributed by atoms with Crippen molar-refractivity contribution in [2.24, 2.45) is 5.92 Å². The Labute approximate surface area is 123 Å². The average Bonchev–Trinajstić information content (AvgIpc) is 2.69. The zero-order chi connectivity index (χ0) is 15.3. The van der Waals surface area contributed by atoms with Gasteiger partial charge in [-0.3, -0.25) is 4.79 Å². The third kappa shape index (κ3) is 5.00. The van der Waals surface area contributed by atoms with E-state index in [9.17, 15) is 4.79 Å². The first-order valence-corrected chi connectivity index (χ1v) is 7.47. The molecule has 1 aromatic heterocycles. The molecule has 0 bridgehead atoms. The second-order valence-corrected chi connectivity index (χ2v) is 6.28. The maximum Gasteiger partial charge on any atom is 0.181 e. The molecule has 0 aliphatic rings. The van der Waals surface area contributed by atoms with Crippen LogP contribution in [0.4, 0.5) is 5.69 Å². The van der Waals surface area contributed by atoms with E-state index in [1.165, 1.54) is 0 Å². The van der Waals surface area contributed by atoms with E-state index in [0.717, 1.165) is 30.9 Å². The Balaban J connectivity index is 2.87. The maximum absolute atomic E-state index is 12.3. The van der Waals surface area contributed by atoms with Crippen molar-refractivity contribution in [1.82, 2.24) is 9.47 Å². The number of aromatic nitrogens is 1. The molecule has 4 heteroatoms. The summed E-state index contributed by atoms with van der Waals surface area (Å²) in [7, 11) is 4.14. The highest BCUT2D eigenvalue weighted by molar-refractivity contribution is 5.97. The molecule has 0 radical (unpaired) electrons. The number of rotatable bonds is 8. The van der Waals surface area contributed by atoms with Gasteiger partial charge in [0.15, 0.2) is 5.78 Å². The van der Waals surface area contributed by atoms with Gasteiger partial charge in [0.25, 0.3) is 0 Å². The van der Waals surface area contributed by atoms with Gasteiger partial charge in [-0.15, -0.1) is 0 Å². The lowest BCUT2D eigenvalue weighted by Gasteiger charge is -2.12. The van der Waals surface area contributed by atoms with E-state index in [2.05, 4.69) is 48.9 Å². The van der Waals surface area contributed by atoms with E-state index in [0.29, 0.717) is 6.04 Å². The molecule has 0 aliphatic heterocycles. The summed E-state index contributed by atoms with van der Waals surface area (Å²) in [5.74, 6) is 0.246. The molecular formula is C16H29N3O. The van der Waals surface area contributed by atoms with Crippen LogP contribution in [-0.4, -0.2) is 41.9 Å². The summed E-state index contributed by atoms with van der Waals surface area (Å²) in [5.41, 5.74) is 1.86. The molecule has 0 spiro atoms. The topological polar surface area (TPSA) is 37.3 Å². The number of hydrogen-bond donors (Lipinski definition) is 1. The van der Waals surface area contributed by atoms with Gasteiger partial charge in [0.1, 0.15) is 0 Å². The van der Waals surface area contributed by atoms with Gasteiger partial charge in [0.05, 0.1) is 11.4 Å². The van der Waals surface area contributed by atoms with E-state index < -0.39 is 0 Å². The number of nitrogens with one attached hydrogen (secondary N) is 1. The number of ketones is 1. The van der Waals surface area contributed by atoms with Crippen LogP contribution in [0.25, 0.3) is 0 Å². The average molecular weight is 279 g/mol. The molecule has 0 amide bonds. The Hall–Kier alpha value is -1.29. The van der Waals surface area contributed by atoms with E-state index >= 15 is 0 Å². The van der Waals surface area contributed by atoms with Gasteiger partial charge in [0, 0.05) is 24.7 Å². The Morgan fingerprint density at radius 1 is 1.30 bits per heavy atom. The SMILES string of the molecule is CC(C)Nc1cc(C(=O)C(C)C)n(CCCN(C)C)c1. The molecule has 0 saturated heterocycles. The molecule has 20 heavy (non-hydrogen) atoms. The minimum absolute atomic E-state index is 0.0319. The molecular weight excluding hydrogens is 250 g/mol. The van der Waals surface area contributed by atoms with Crippen molar-refractivity contribution in [3.8, 4) is 0 Å². The molecule has 0 aliphatic carbocycles. The number of hydrogen-bond acceptors (Lipinski definition) is 3. The van der Waals surface area contributed by atoms with Crippen molar-refractivity contribution >= 4 is 11.5 Å². The molecule has 114 valence electrons. The minimum Gasteiger partial charge on any atom is -0.382 e. The van der Waals surface area contributed by atoms with Crippen LogP contribution < -0.4 is 5.32 Å². The Kier molecular flexibility index (Phi) is 6.27. The van der Waals surface area contributed by atoms with Crippen molar-refractivity contribution in [3.05, 3.63) is 18.0 Å². The second-order valence-electron chi connectivity index (χ2n) is 6.28. The van der Waals surface area contributed by atoms with E-state index in [1.807, 2.05) is 19.9 Å². The monoisotopic (exact) mass is 279 g/mol. The first kappa shape index (κ1) is 16.8. The van der Waals surface area contributed by atoms with Gasteiger partial charge in [-0.1, -0.05) is 13.8 Å². The summed E-state index contributed by atoms with van der Waals surface area (Å²) in [5, 5.41) is 3.38. The zero-order valence-corrected chi connectivity index (χ0v) is 13.7. The minimum atomic E-state index is 0.0319. The summed E-state index contributed by atoms with van der Waals surface area (Å²) in [6.45, 7) is 10.0. The fourth-order valence-electron chi connectivity index (χ4n) is 2.17. The Bertz CT molecular complexity index is 433. The fourth-order valence-corrected chi connectivity index (χ4v) is 2.17. The van der Waals surface area contributed by atoms with Crippen LogP contribution in [0.1, 0.15) is 44.6 Å². The number of carbonyl (C=O) groups is 1. The number of aryl methyl sites for hydroxylation is 1. The molecule has 1 N–H and O–H groups in total. The molecule has 4 nitrogen and oxygen atoms in total. The van der Waals surface area contributed by atoms with E-state index in [-0.39, 0.29) is 11.7 Å². The maximum atomic E-state index is 12.3. The van der Waals surface area contributed by atoms with E-state index in [4.69, 9.17) is 0 Å². The highest BCUT2D eigenvalue weighted by Crippen LogP contribution is 2.19. The van der Waals surface area contributed by atoms with Crippen LogP contribution in [0.5, 0.6) is 0 Å². The first-order valence-electron chi connectivity index (χ1n) is 7.47. The summed E-state index contributed by atoms with van der Waals surface area (Å²) < 4.78 is 2.09. The van der Waals surface area contributed by atoms with E-state index in [1.54, 1.807) is 0 Å². The zero-order valence-electron chi connectivity index (χ0n) is 13.7. The van der Waals surface area contributed by atoms with Crippen molar-refractivity contribution in [2.75, 3.05) is 26.0 Å². The van der Waals surface area contributed by atoms with Gasteiger partial charge in [0.2, 0.25) is 0 Å². The highest BCUT2D eigenvalue weighted by Gasteiger charge is 2.17. The van der Waals surface area contributed by atoms with Crippen LogP contribution in [-0.2, 0) is 6.54 Å². The first-order chi connectivity index (χ1) is 9.31. The Morgan fingerprint density at radius 2 is 1.95 bits per heavy atom. The largest absolute Gasteiger partial charge is 0.382 e. The van der Waals surface area contributed by atoms with Crippen molar-refractivity contribution in [3.63, 3.8) is 0 Å². The summed E-state index contributed by atoms with van der Waals surface area (Å²) >= 11 is 0. The third-order valence-electron chi connectivity index (χ3n) is 3.13. The summed E-state index contributed by atoms with van der Waals surface area (Å²) in [4.78, 5) is 14.5. The standard InChI is InChI=1S/C16H29N3O/c1-12(2)16(20)15-10-14(17-13(3)4)11-19(15)9-7-8-18(5)6/h10-13,17H,7-9H2,1-6H3. The van der Waals surface area contributed by atoms with Crippen LogP contribution in [0, 0.1) is 5.92 Å². The lowest BCUT2D eigenvalue weighted by molar-refractivity contribution is 0.0929.